The quantitative estimate of drug-likeness (QED) is 0.771. The molecule has 0 aliphatic carbocycles. The lowest BCUT2D eigenvalue weighted by molar-refractivity contribution is -0.0505. The molecule has 3 nitrogen and oxygen atoms in total. The van der Waals surface area contributed by atoms with Crippen molar-refractivity contribution in [2.75, 3.05) is 6.54 Å². The molecule has 1 N–H and O–H groups in total. The fraction of sp³-hybridized carbons (Fsp3) is 0.286. The van der Waals surface area contributed by atoms with Crippen LogP contribution in [0.1, 0.15) is 11.3 Å². The second-order valence-electron chi connectivity index (χ2n) is 4.14. The zero-order chi connectivity index (χ0) is 14.4. The summed E-state index contributed by atoms with van der Waals surface area (Å²) in [5, 5.41) is 3.18. The van der Waals surface area contributed by atoms with Gasteiger partial charge in [-0.2, -0.15) is 8.78 Å². The molecule has 0 amide bonds. The van der Waals surface area contributed by atoms with E-state index in [4.69, 9.17) is 4.42 Å². The second kappa shape index (κ2) is 7.40. The van der Waals surface area contributed by atoms with Gasteiger partial charge in [0.2, 0.25) is 0 Å². The molecule has 1 heterocycles. The molecule has 6 heteroatoms. The molecule has 0 aliphatic rings. The third-order valence-corrected chi connectivity index (χ3v) is 3.18. The topological polar surface area (TPSA) is 34.4 Å². The summed E-state index contributed by atoms with van der Waals surface area (Å²) in [6, 6.07) is 8.69. The number of alkyl halides is 2. The van der Waals surface area contributed by atoms with Crippen molar-refractivity contribution in [2.45, 2.75) is 19.6 Å². The number of halogens is 3. The summed E-state index contributed by atoms with van der Waals surface area (Å²) in [6.45, 7) is -1.69. The van der Waals surface area contributed by atoms with Crippen molar-refractivity contribution in [1.82, 2.24) is 5.32 Å². The van der Waals surface area contributed by atoms with Crippen molar-refractivity contribution in [3.8, 4) is 5.75 Å². The maximum absolute atomic E-state index is 12.3. The van der Waals surface area contributed by atoms with Crippen molar-refractivity contribution in [1.29, 1.82) is 0 Å². The third-order valence-electron chi connectivity index (χ3n) is 2.68. The van der Waals surface area contributed by atoms with Crippen molar-refractivity contribution in [3.63, 3.8) is 0 Å². The average Bonchev–Trinajstić information content (AvgIpc) is 2.90. The second-order valence-corrected chi connectivity index (χ2v) is 5.05. The molecule has 108 valence electrons. The molecule has 2 aromatic rings. The van der Waals surface area contributed by atoms with Crippen LogP contribution < -0.4 is 10.1 Å². The van der Waals surface area contributed by atoms with Crippen molar-refractivity contribution >= 4 is 15.9 Å². The number of hydrogen-bond acceptors (Lipinski definition) is 3. The zero-order valence-electron chi connectivity index (χ0n) is 10.6. The van der Waals surface area contributed by atoms with Gasteiger partial charge in [0.05, 0.1) is 6.26 Å². The lowest BCUT2D eigenvalue weighted by Gasteiger charge is -2.11. The fourth-order valence-electron chi connectivity index (χ4n) is 1.79. The third kappa shape index (κ3) is 4.61. The summed E-state index contributed by atoms with van der Waals surface area (Å²) < 4.78 is 35.1. The van der Waals surface area contributed by atoms with Crippen LogP contribution in [0.5, 0.6) is 5.75 Å². The molecule has 0 spiro atoms. The van der Waals surface area contributed by atoms with E-state index < -0.39 is 6.61 Å². The lowest BCUT2D eigenvalue weighted by atomic mass is 10.2. The Hall–Kier alpha value is -1.40. The molecular weight excluding hydrogens is 332 g/mol. The number of ether oxygens (including phenoxy) is 1. The van der Waals surface area contributed by atoms with Crippen LogP contribution in [-0.2, 0) is 13.0 Å². The molecule has 2 rings (SSSR count). The number of hydrogen-bond donors (Lipinski definition) is 1. The molecule has 0 fully saturated rings. The first-order valence-electron chi connectivity index (χ1n) is 6.11. The summed E-state index contributed by atoms with van der Waals surface area (Å²) >= 11 is 3.32. The van der Waals surface area contributed by atoms with E-state index in [2.05, 4.69) is 26.0 Å². The largest absolute Gasteiger partial charge is 0.469 e. The number of benzene rings is 1. The predicted octanol–water partition coefficient (Wildman–Crippen LogP) is 3.98. The number of nitrogens with one attached hydrogen (secondary N) is 1. The van der Waals surface area contributed by atoms with Gasteiger partial charge in [0.15, 0.2) is 0 Å². The highest BCUT2D eigenvalue weighted by Gasteiger charge is 2.10. The van der Waals surface area contributed by atoms with Gasteiger partial charge in [-0.15, -0.1) is 0 Å². The molecule has 0 atom stereocenters. The van der Waals surface area contributed by atoms with Gasteiger partial charge in [-0.3, -0.25) is 0 Å². The molecular formula is C14H14BrF2NO2. The molecule has 0 saturated carbocycles. The highest BCUT2D eigenvalue weighted by atomic mass is 79.9. The Morgan fingerprint density at radius 3 is 2.85 bits per heavy atom. The maximum Gasteiger partial charge on any atom is 0.387 e. The van der Waals surface area contributed by atoms with Gasteiger partial charge >= 0.3 is 6.61 Å². The van der Waals surface area contributed by atoms with E-state index in [1.54, 1.807) is 18.4 Å². The van der Waals surface area contributed by atoms with E-state index >= 15 is 0 Å². The summed E-state index contributed by atoms with van der Waals surface area (Å²) in [4.78, 5) is 0. The summed E-state index contributed by atoms with van der Waals surface area (Å²) in [5.74, 6) is 1.07. The fourth-order valence-corrected chi connectivity index (χ4v) is 2.20. The highest BCUT2D eigenvalue weighted by Crippen LogP contribution is 2.24. The normalized spacial score (nSPS) is 11.0. The van der Waals surface area contributed by atoms with Crippen molar-refractivity contribution < 1.29 is 17.9 Å². The number of furan rings is 1. The van der Waals surface area contributed by atoms with Crippen LogP contribution >= 0.6 is 15.9 Å². The molecule has 0 radical (unpaired) electrons. The Morgan fingerprint density at radius 2 is 2.15 bits per heavy atom. The summed E-state index contributed by atoms with van der Waals surface area (Å²) in [5.41, 5.74) is 0.680. The first-order chi connectivity index (χ1) is 9.65. The molecule has 0 bridgehead atoms. The zero-order valence-corrected chi connectivity index (χ0v) is 12.2. The molecule has 1 aromatic carbocycles. The molecule has 1 aromatic heterocycles. The van der Waals surface area contributed by atoms with Crippen LogP contribution in [0.15, 0.2) is 45.5 Å². The van der Waals surface area contributed by atoms with Crippen LogP contribution in [0, 0.1) is 0 Å². The monoisotopic (exact) mass is 345 g/mol. The van der Waals surface area contributed by atoms with Crippen LogP contribution in [0.3, 0.4) is 0 Å². The minimum absolute atomic E-state index is 0.189. The van der Waals surface area contributed by atoms with E-state index in [0.29, 0.717) is 18.7 Å². The van der Waals surface area contributed by atoms with Gasteiger partial charge in [-0.1, -0.05) is 15.9 Å². The molecule has 20 heavy (non-hydrogen) atoms. The van der Waals surface area contributed by atoms with Crippen LogP contribution in [-0.4, -0.2) is 13.2 Å². The van der Waals surface area contributed by atoms with Crippen molar-refractivity contribution in [2.24, 2.45) is 0 Å². The Labute approximate surface area is 124 Å². The van der Waals surface area contributed by atoms with Gasteiger partial charge in [0.25, 0.3) is 0 Å². The molecule has 0 saturated heterocycles. The van der Waals surface area contributed by atoms with Gasteiger partial charge < -0.3 is 14.5 Å². The predicted molar refractivity (Wildman–Crippen MR) is 74.9 cm³/mol. The minimum Gasteiger partial charge on any atom is -0.469 e. The van der Waals surface area contributed by atoms with Gasteiger partial charge in [-0.25, -0.2) is 0 Å². The van der Waals surface area contributed by atoms with Crippen LogP contribution in [0.25, 0.3) is 0 Å². The Morgan fingerprint density at radius 1 is 1.30 bits per heavy atom. The lowest BCUT2D eigenvalue weighted by Crippen LogP contribution is -2.17. The van der Waals surface area contributed by atoms with Crippen molar-refractivity contribution in [3.05, 3.63) is 52.4 Å². The van der Waals surface area contributed by atoms with E-state index in [1.807, 2.05) is 12.1 Å². The van der Waals surface area contributed by atoms with E-state index in [0.717, 1.165) is 16.7 Å². The first-order valence-corrected chi connectivity index (χ1v) is 6.91. The smallest absolute Gasteiger partial charge is 0.387 e. The van der Waals surface area contributed by atoms with Gasteiger partial charge in [0.1, 0.15) is 11.5 Å². The minimum atomic E-state index is -2.82. The van der Waals surface area contributed by atoms with E-state index in [1.165, 1.54) is 6.07 Å². The SMILES string of the molecule is FC(F)Oc1ccc(Br)cc1CNCCc1ccco1. The Kier molecular flexibility index (Phi) is 5.55. The number of rotatable bonds is 7. The molecule has 0 unspecified atom stereocenters. The first kappa shape index (κ1) is 15.0. The van der Waals surface area contributed by atoms with Crippen LogP contribution in [0.2, 0.25) is 0 Å². The van der Waals surface area contributed by atoms with E-state index in [9.17, 15) is 8.78 Å². The standard InChI is InChI=1S/C14H14BrF2NO2/c15-11-3-4-13(20-14(16)17)10(8-11)9-18-6-5-12-2-1-7-19-12/h1-4,7-8,14,18H,5-6,9H2. The van der Waals surface area contributed by atoms with Crippen LogP contribution in [0.4, 0.5) is 8.78 Å². The Balaban J connectivity index is 1.88. The maximum atomic E-state index is 12.3. The summed E-state index contributed by atoms with van der Waals surface area (Å²) in [7, 11) is 0. The summed E-state index contributed by atoms with van der Waals surface area (Å²) in [6.07, 6.45) is 2.37. The highest BCUT2D eigenvalue weighted by molar-refractivity contribution is 9.10. The van der Waals surface area contributed by atoms with Gasteiger partial charge in [-0.05, 0) is 30.3 Å². The Bertz CT molecular complexity index is 532. The molecule has 0 aliphatic heterocycles. The average molecular weight is 346 g/mol. The van der Waals surface area contributed by atoms with Gasteiger partial charge in [0, 0.05) is 29.5 Å². The van der Waals surface area contributed by atoms with E-state index in [-0.39, 0.29) is 5.75 Å².